The Morgan fingerprint density at radius 3 is 2.21 bits per heavy atom. The fraction of sp³-hybridized carbons (Fsp3) is 0.188. The minimum absolute atomic E-state index is 0.0967. The van der Waals surface area contributed by atoms with Crippen molar-refractivity contribution in [2.24, 2.45) is 0 Å². The number of carbonyl (C=O) groups is 1. The van der Waals surface area contributed by atoms with E-state index in [4.69, 9.17) is 0 Å². The van der Waals surface area contributed by atoms with Gasteiger partial charge < -0.3 is 10.4 Å². The van der Waals surface area contributed by atoms with E-state index in [2.05, 4.69) is 5.32 Å². The Balaban J connectivity index is 2.06. The Labute approximate surface area is 112 Å². The van der Waals surface area contributed by atoms with Gasteiger partial charge in [-0.05, 0) is 43.7 Å². The first kappa shape index (κ1) is 13.1. The summed E-state index contributed by atoms with van der Waals surface area (Å²) in [6, 6.07) is 14.2. The highest BCUT2D eigenvalue weighted by atomic mass is 16.3. The third-order valence-electron chi connectivity index (χ3n) is 3.05. The molecule has 0 aliphatic carbocycles. The van der Waals surface area contributed by atoms with Gasteiger partial charge >= 0.3 is 0 Å². The van der Waals surface area contributed by atoms with Gasteiger partial charge in [0.15, 0.2) is 0 Å². The number of carbonyl (C=O) groups excluding carboxylic acids is 1. The Hall–Kier alpha value is -2.29. The third-order valence-corrected chi connectivity index (χ3v) is 3.05. The molecule has 0 heterocycles. The second kappa shape index (κ2) is 5.57. The van der Waals surface area contributed by atoms with Crippen molar-refractivity contribution >= 4 is 5.91 Å². The molecular weight excluding hydrogens is 238 g/mol. The zero-order valence-electron chi connectivity index (χ0n) is 11.1. The summed E-state index contributed by atoms with van der Waals surface area (Å²) in [5.74, 6) is 0.126. The fourth-order valence-electron chi connectivity index (χ4n) is 1.83. The first-order chi connectivity index (χ1) is 9.06. The van der Waals surface area contributed by atoms with Crippen LogP contribution in [0.25, 0.3) is 0 Å². The minimum Gasteiger partial charge on any atom is -0.508 e. The summed E-state index contributed by atoms with van der Waals surface area (Å²) >= 11 is 0. The predicted octanol–water partition coefficient (Wildman–Crippen LogP) is 3.19. The minimum atomic E-state index is -0.102. The first-order valence-corrected chi connectivity index (χ1v) is 6.23. The lowest BCUT2D eigenvalue weighted by Gasteiger charge is -2.14. The molecule has 19 heavy (non-hydrogen) atoms. The van der Waals surface area contributed by atoms with Crippen LogP contribution in [-0.2, 0) is 0 Å². The third kappa shape index (κ3) is 3.35. The number of rotatable bonds is 3. The summed E-state index contributed by atoms with van der Waals surface area (Å²) in [5.41, 5.74) is 2.73. The van der Waals surface area contributed by atoms with Gasteiger partial charge in [0, 0.05) is 5.56 Å². The highest BCUT2D eigenvalue weighted by molar-refractivity contribution is 5.94. The van der Waals surface area contributed by atoms with Crippen molar-refractivity contribution in [2.45, 2.75) is 19.9 Å². The molecule has 0 fully saturated rings. The highest BCUT2D eigenvalue weighted by Gasteiger charge is 2.11. The number of hydrogen-bond donors (Lipinski definition) is 2. The molecule has 0 unspecified atom stereocenters. The van der Waals surface area contributed by atoms with E-state index in [1.165, 1.54) is 0 Å². The first-order valence-electron chi connectivity index (χ1n) is 6.23. The Morgan fingerprint density at radius 2 is 1.63 bits per heavy atom. The van der Waals surface area contributed by atoms with Crippen LogP contribution in [0.3, 0.4) is 0 Å². The maximum atomic E-state index is 12.0. The van der Waals surface area contributed by atoms with E-state index >= 15 is 0 Å². The molecule has 0 spiro atoms. The summed E-state index contributed by atoms with van der Waals surface area (Å²) in [6.45, 7) is 3.90. The molecule has 2 aromatic carbocycles. The van der Waals surface area contributed by atoms with Crippen LogP contribution >= 0.6 is 0 Å². The van der Waals surface area contributed by atoms with Gasteiger partial charge in [0.2, 0.25) is 0 Å². The lowest BCUT2D eigenvalue weighted by molar-refractivity contribution is 0.0940. The van der Waals surface area contributed by atoms with Crippen molar-refractivity contribution in [1.29, 1.82) is 0 Å². The molecule has 1 amide bonds. The monoisotopic (exact) mass is 255 g/mol. The van der Waals surface area contributed by atoms with Crippen molar-refractivity contribution in [3.63, 3.8) is 0 Å². The maximum Gasteiger partial charge on any atom is 0.251 e. The average molecular weight is 255 g/mol. The summed E-state index contributed by atoms with van der Waals surface area (Å²) in [4.78, 5) is 12.0. The van der Waals surface area contributed by atoms with Gasteiger partial charge in [-0.25, -0.2) is 0 Å². The highest BCUT2D eigenvalue weighted by Crippen LogP contribution is 2.17. The van der Waals surface area contributed by atoms with Crippen LogP contribution in [0.5, 0.6) is 5.75 Å². The zero-order chi connectivity index (χ0) is 13.8. The number of amides is 1. The molecule has 0 saturated heterocycles. The molecule has 0 saturated carbocycles. The number of phenols is 1. The lowest BCUT2D eigenvalue weighted by Crippen LogP contribution is -2.26. The van der Waals surface area contributed by atoms with Crippen LogP contribution in [0.1, 0.15) is 34.5 Å². The second-order valence-corrected chi connectivity index (χ2v) is 4.65. The Kier molecular flexibility index (Phi) is 3.85. The second-order valence-electron chi connectivity index (χ2n) is 4.65. The number of benzene rings is 2. The van der Waals surface area contributed by atoms with Gasteiger partial charge in [0.05, 0.1) is 6.04 Å². The van der Waals surface area contributed by atoms with Crippen LogP contribution in [0, 0.1) is 6.92 Å². The molecule has 0 aromatic heterocycles. The van der Waals surface area contributed by atoms with E-state index in [0.717, 1.165) is 11.1 Å². The summed E-state index contributed by atoms with van der Waals surface area (Å²) in [7, 11) is 0. The topological polar surface area (TPSA) is 49.3 Å². The van der Waals surface area contributed by atoms with Gasteiger partial charge in [0.1, 0.15) is 5.75 Å². The van der Waals surface area contributed by atoms with Crippen LogP contribution in [0.15, 0.2) is 48.5 Å². The van der Waals surface area contributed by atoms with E-state index in [-0.39, 0.29) is 17.7 Å². The molecule has 2 N–H and O–H groups in total. The molecule has 2 aromatic rings. The van der Waals surface area contributed by atoms with E-state index in [9.17, 15) is 9.90 Å². The molecule has 2 rings (SSSR count). The van der Waals surface area contributed by atoms with Crippen LogP contribution < -0.4 is 5.32 Å². The van der Waals surface area contributed by atoms with Gasteiger partial charge in [0.25, 0.3) is 5.91 Å². The summed E-state index contributed by atoms with van der Waals surface area (Å²) in [5, 5.41) is 12.2. The number of aryl methyl sites for hydroxylation is 1. The standard InChI is InChI=1S/C16H17NO2/c1-11-3-5-14(6-4-11)16(19)17-12(2)13-7-9-15(18)10-8-13/h3-10,12,18H,1-2H3,(H,17,19)/t12-/m1/s1. The quantitative estimate of drug-likeness (QED) is 0.885. The molecule has 3 heteroatoms. The van der Waals surface area contributed by atoms with Crippen molar-refractivity contribution in [1.82, 2.24) is 5.32 Å². The maximum absolute atomic E-state index is 12.0. The normalized spacial score (nSPS) is 11.9. The number of nitrogens with one attached hydrogen (secondary N) is 1. The Morgan fingerprint density at radius 1 is 1.05 bits per heavy atom. The van der Waals surface area contributed by atoms with Crippen molar-refractivity contribution in [2.75, 3.05) is 0 Å². The smallest absolute Gasteiger partial charge is 0.251 e. The van der Waals surface area contributed by atoms with Crippen molar-refractivity contribution in [3.05, 3.63) is 65.2 Å². The number of aromatic hydroxyl groups is 1. The molecule has 98 valence electrons. The zero-order valence-corrected chi connectivity index (χ0v) is 11.1. The van der Waals surface area contributed by atoms with Crippen molar-refractivity contribution < 1.29 is 9.90 Å². The largest absolute Gasteiger partial charge is 0.508 e. The SMILES string of the molecule is Cc1ccc(C(=O)N[C@H](C)c2ccc(O)cc2)cc1. The molecule has 3 nitrogen and oxygen atoms in total. The molecule has 0 radical (unpaired) electrons. The number of phenolic OH excluding ortho intramolecular Hbond substituents is 1. The lowest BCUT2D eigenvalue weighted by atomic mass is 10.1. The van der Waals surface area contributed by atoms with Crippen molar-refractivity contribution in [3.8, 4) is 5.75 Å². The molecule has 0 bridgehead atoms. The fourth-order valence-corrected chi connectivity index (χ4v) is 1.83. The predicted molar refractivity (Wildman–Crippen MR) is 75.2 cm³/mol. The van der Waals surface area contributed by atoms with Crippen LogP contribution in [-0.4, -0.2) is 11.0 Å². The average Bonchev–Trinajstić information content (AvgIpc) is 2.40. The molecule has 0 aliphatic rings. The van der Waals surface area contributed by atoms with Crippen LogP contribution in [0.2, 0.25) is 0 Å². The number of hydrogen-bond acceptors (Lipinski definition) is 2. The van der Waals surface area contributed by atoms with E-state index < -0.39 is 0 Å². The van der Waals surface area contributed by atoms with Gasteiger partial charge in [-0.3, -0.25) is 4.79 Å². The molecule has 1 atom stereocenters. The van der Waals surface area contributed by atoms with Gasteiger partial charge in [-0.1, -0.05) is 29.8 Å². The molecule has 0 aliphatic heterocycles. The van der Waals surface area contributed by atoms with Crippen LogP contribution in [0.4, 0.5) is 0 Å². The Bertz CT molecular complexity index is 558. The summed E-state index contributed by atoms with van der Waals surface area (Å²) < 4.78 is 0. The van der Waals surface area contributed by atoms with Gasteiger partial charge in [-0.15, -0.1) is 0 Å². The molecular formula is C16H17NO2. The van der Waals surface area contributed by atoms with E-state index in [1.54, 1.807) is 24.3 Å². The van der Waals surface area contributed by atoms with E-state index in [1.807, 2.05) is 38.1 Å². The van der Waals surface area contributed by atoms with Gasteiger partial charge in [-0.2, -0.15) is 0 Å². The van der Waals surface area contributed by atoms with E-state index in [0.29, 0.717) is 5.56 Å². The summed E-state index contributed by atoms with van der Waals surface area (Å²) in [6.07, 6.45) is 0.